The van der Waals surface area contributed by atoms with E-state index in [9.17, 15) is 14.4 Å². The van der Waals surface area contributed by atoms with Gasteiger partial charge in [0, 0.05) is 0 Å². The number of rotatable bonds is 4. The van der Waals surface area contributed by atoms with Crippen LogP contribution in [0, 0.1) is 11.3 Å². The molecule has 1 heterocycles. The number of urea groups is 1. The molecule has 0 aliphatic carbocycles. The van der Waals surface area contributed by atoms with Crippen LogP contribution in [-0.2, 0) is 9.59 Å². The fraction of sp³-hybridized carbons (Fsp3) is 0.727. The molecule has 4 amide bonds. The number of hydrogen-bond donors (Lipinski definition) is 2. The number of barbiturate groups is 1. The summed E-state index contributed by atoms with van der Waals surface area (Å²) in [6.07, 6.45) is 2.08. The van der Waals surface area contributed by atoms with Crippen LogP contribution in [0.15, 0.2) is 0 Å². The minimum absolute atomic E-state index is 0. The molecule has 0 aromatic heterocycles. The summed E-state index contributed by atoms with van der Waals surface area (Å²) in [7, 11) is 0. The molecule has 1 fully saturated rings. The zero-order chi connectivity index (χ0) is 12.3. The van der Waals surface area contributed by atoms with Gasteiger partial charge < -0.3 is 4.28 Å². The second-order valence-electron chi connectivity index (χ2n) is 4.25. The van der Waals surface area contributed by atoms with E-state index in [1.54, 1.807) is 6.92 Å². The van der Waals surface area contributed by atoms with E-state index in [1.165, 1.54) is 0 Å². The number of carbonyl (C=O) groups is 3. The van der Waals surface area contributed by atoms with Gasteiger partial charge in [0.25, 0.3) is 0 Å². The molecule has 1 aliphatic rings. The Bertz CT molecular complexity index is 329. The maximum atomic E-state index is 11.9. The molecule has 1 unspecified atom stereocenters. The first kappa shape index (κ1) is 20.7. The molecule has 0 radical (unpaired) electrons. The molecule has 1 rings (SSSR count). The van der Waals surface area contributed by atoms with Crippen molar-refractivity contribution in [2.45, 2.75) is 40.0 Å². The summed E-state index contributed by atoms with van der Waals surface area (Å²) in [5.41, 5.74) is -1.09. The second-order valence-corrected chi connectivity index (χ2v) is 4.25. The normalized spacial score (nSPS) is 18.9. The molecular formula is C11H21MgN2NaO3. The Morgan fingerprint density at radius 2 is 1.61 bits per heavy atom. The first-order valence-corrected chi connectivity index (χ1v) is 5.65. The van der Waals surface area contributed by atoms with E-state index in [-0.39, 0.29) is 62.8 Å². The third kappa shape index (κ3) is 3.69. The van der Waals surface area contributed by atoms with Crippen molar-refractivity contribution in [1.82, 2.24) is 10.6 Å². The third-order valence-corrected chi connectivity index (χ3v) is 3.39. The standard InChI is InChI=1S/C11H18N2O3.Mg.Na.3H/c1-4-6-7(3)11(5-2)8(14)12-10(16)13-9(11)15;;;;;/h7H,4-6H2,1-3H3,(H2,12,13,14,15,16);;;;;/q;+2;+1;3*-1. The molecule has 5 nitrogen and oxygen atoms in total. The van der Waals surface area contributed by atoms with Crippen molar-refractivity contribution in [3.05, 3.63) is 0 Å². The summed E-state index contributed by atoms with van der Waals surface area (Å²) in [5, 5.41) is 4.36. The molecule has 0 bridgehead atoms. The average molecular weight is 277 g/mol. The molecule has 2 N–H and O–H groups in total. The predicted molar refractivity (Wildman–Crippen MR) is 67.6 cm³/mol. The second kappa shape index (κ2) is 8.53. The van der Waals surface area contributed by atoms with Gasteiger partial charge in [-0.25, -0.2) is 4.79 Å². The summed E-state index contributed by atoms with van der Waals surface area (Å²) in [6, 6.07) is -0.720. The van der Waals surface area contributed by atoms with Crippen LogP contribution in [0.1, 0.15) is 44.3 Å². The van der Waals surface area contributed by atoms with Crippen LogP contribution in [0.3, 0.4) is 0 Å². The Kier molecular flexibility index (Phi) is 9.80. The van der Waals surface area contributed by atoms with Gasteiger partial charge in [0.1, 0.15) is 5.41 Å². The minimum atomic E-state index is -1.09. The van der Waals surface area contributed by atoms with Gasteiger partial charge in [0.15, 0.2) is 0 Å². The number of nitrogens with one attached hydrogen (secondary N) is 2. The summed E-state index contributed by atoms with van der Waals surface area (Å²) >= 11 is 0. The predicted octanol–water partition coefficient (Wildman–Crippen LogP) is -1.85. The molecule has 0 aromatic rings. The molecule has 96 valence electrons. The van der Waals surface area contributed by atoms with Crippen molar-refractivity contribution in [3.63, 3.8) is 0 Å². The van der Waals surface area contributed by atoms with Gasteiger partial charge in [0.05, 0.1) is 0 Å². The quantitative estimate of drug-likeness (QED) is 0.467. The number of amides is 4. The van der Waals surface area contributed by atoms with E-state index < -0.39 is 23.3 Å². The zero-order valence-corrected chi connectivity index (χ0v) is 15.0. The number of hydrogen-bond acceptors (Lipinski definition) is 3. The fourth-order valence-corrected chi connectivity index (χ4v) is 2.36. The Hall–Kier alpha value is 0.376. The van der Waals surface area contributed by atoms with Gasteiger partial charge in [-0.05, 0) is 18.8 Å². The van der Waals surface area contributed by atoms with Crippen molar-refractivity contribution in [2.24, 2.45) is 11.3 Å². The van der Waals surface area contributed by atoms with E-state index in [1.807, 2.05) is 13.8 Å². The molecule has 18 heavy (non-hydrogen) atoms. The van der Waals surface area contributed by atoms with E-state index in [2.05, 4.69) is 10.6 Å². The Morgan fingerprint density at radius 3 is 1.94 bits per heavy atom. The molecule has 0 saturated carbocycles. The summed E-state index contributed by atoms with van der Waals surface area (Å²) in [6.45, 7) is 5.67. The van der Waals surface area contributed by atoms with Crippen LogP contribution >= 0.6 is 0 Å². The van der Waals surface area contributed by atoms with Gasteiger partial charge in [0.2, 0.25) is 11.8 Å². The number of carbonyl (C=O) groups excluding carboxylic acids is 3. The minimum Gasteiger partial charge on any atom is -1.00 e. The van der Waals surface area contributed by atoms with Crippen LogP contribution in [-0.4, -0.2) is 40.9 Å². The maximum absolute atomic E-state index is 11.9. The van der Waals surface area contributed by atoms with Crippen molar-refractivity contribution < 1.29 is 48.2 Å². The van der Waals surface area contributed by atoms with Crippen LogP contribution < -0.4 is 40.2 Å². The van der Waals surface area contributed by atoms with Crippen LogP contribution in [0.25, 0.3) is 0 Å². The van der Waals surface area contributed by atoms with E-state index in [0.717, 1.165) is 12.8 Å². The maximum Gasteiger partial charge on any atom is 2.00 e. The summed E-state index contributed by atoms with van der Waals surface area (Å²) in [4.78, 5) is 34.8. The molecule has 7 heteroatoms. The third-order valence-electron chi connectivity index (χ3n) is 3.39. The van der Waals surface area contributed by atoms with Gasteiger partial charge in [-0.2, -0.15) is 0 Å². The van der Waals surface area contributed by atoms with Crippen LogP contribution in [0.4, 0.5) is 4.79 Å². The average Bonchev–Trinajstić information content (AvgIpc) is 2.18. The van der Waals surface area contributed by atoms with Crippen molar-refractivity contribution in [2.75, 3.05) is 0 Å². The van der Waals surface area contributed by atoms with Crippen molar-refractivity contribution >= 4 is 40.9 Å². The largest absolute Gasteiger partial charge is 2.00 e. The van der Waals surface area contributed by atoms with Gasteiger partial charge >= 0.3 is 58.6 Å². The SMILES string of the molecule is CCCC(C)C1(CC)C(=O)NC(=O)NC1=O.[H-].[H-].[H-].[Mg+2].[Na+]. The fourth-order valence-electron chi connectivity index (χ4n) is 2.36. The van der Waals surface area contributed by atoms with E-state index in [4.69, 9.17) is 0 Å². The summed E-state index contributed by atoms with van der Waals surface area (Å²) < 4.78 is 0. The van der Waals surface area contributed by atoms with Crippen molar-refractivity contribution in [3.8, 4) is 0 Å². The Morgan fingerprint density at radius 1 is 1.17 bits per heavy atom. The van der Waals surface area contributed by atoms with Gasteiger partial charge in [-0.3, -0.25) is 20.2 Å². The zero-order valence-electron chi connectivity index (χ0n) is 14.6. The first-order valence-electron chi connectivity index (χ1n) is 5.65. The molecule has 0 aromatic carbocycles. The molecule has 1 atom stereocenters. The molecule has 1 saturated heterocycles. The van der Waals surface area contributed by atoms with Crippen LogP contribution in [0.5, 0.6) is 0 Å². The molecular weight excluding hydrogens is 255 g/mol. The van der Waals surface area contributed by atoms with E-state index in [0.29, 0.717) is 6.42 Å². The molecule has 0 spiro atoms. The first-order chi connectivity index (χ1) is 7.48. The van der Waals surface area contributed by atoms with Gasteiger partial charge in [-0.15, -0.1) is 0 Å². The topological polar surface area (TPSA) is 75.3 Å². The monoisotopic (exact) mass is 276 g/mol. The Labute approximate surface area is 150 Å². The number of imide groups is 2. The smallest absolute Gasteiger partial charge is 1.00 e. The van der Waals surface area contributed by atoms with Crippen LogP contribution in [0.2, 0.25) is 0 Å². The Balaban J connectivity index is -0.000000171. The van der Waals surface area contributed by atoms with E-state index >= 15 is 0 Å². The molecule has 1 aliphatic heterocycles. The van der Waals surface area contributed by atoms with Gasteiger partial charge in [-0.1, -0.05) is 27.2 Å². The summed E-state index contributed by atoms with van der Waals surface area (Å²) in [5.74, 6) is -1.01. The van der Waals surface area contributed by atoms with Crippen molar-refractivity contribution in [1.29, 1.82) is 0 Å².